The Kier molecular flexibility index (Phi) is 36.4. The highest BCUT2D eigenvalue weighted by Crippen LogP contribution is 2.41. The average molecular weight is 1870 g/mol. The third kappa shape index (κ3) is 26.7. The van der Waals surface area contributed by atoms with Crippen LogP contribution in [0.25, 0.3) is 33.8 Å². The predicted octanol–water partition coefficient (Wildman–Crippen LogP) is 14.9. The fourth-order valence-corrected chi connectivity index (χ4v) is 15.0. The van der Waals surface area contributed by atoms with Gasteiger partial charge in [-0.05, 0) is 164 Å². The minimum atomic E-state index is -0.504. The van der Waals surface area contributed by atoms with E-state index in [1.54, 1.807) is 136 Å². The SMILES string of the molecule is CCN.CCNC(=O)Cc1ccc(Cc2cc(-c3c(F)cccc3Cl)nc3c2C(=O)N(Cc2ccc(OC)cc2OC)C3)nc1.CCNC(=O)Cc1ccc(Cc2cc(-c3c(F)cccc3Cl)nc3c2C(=O)NC3)nc1.CCNC(=O)Cc1ccc(N)nc1.COC(=O)Cc1ccc(N)nc1.COc1ccc(CN2Cc3nc(-c4c(F)cccc4Cl)cc(Cl)c3C2=O)c(OC)c1. The lowest BCUT2D eigenvalue weighted by molar-refractivity contribution is -0.139. The zero-order chi connectivity index (χ0) is 94.5. The fourth-order valence-electron chi connectivity index (χ4n) is 14.0. The number of methoxy groups -OCH3 is 5. The van der Waals surface area contributed by atoms with Crippen LogP contribution >= 0.6 is 46.4 Å². The summed E-state index contributed by atoms with van der Waals surface area (Å²) in [5, 5.41) is 11.9. The summed E-state index contributed by atoms with van der Waals surface area (Å²) in [7, 11) is 7.63. The monoisotopic (exact) mass is 1860 g/mol. The third-order valence-corrected chi connectivity index (χ3v) is 21.3. The number of carbonyl (C=O) groups is 7. The Morgan fingerprint density at radius 1 is 0.427 bits per heavy atom. The summed E-state index contributed by atoms with van der Waals surface area (Å²) in [6.07, 6.45) is 8.23. The van der Waals surface area contributed by atoms with Gasteiger partial charge in [0.15, 0.2) is 0 Å². The van der Waals surface area contributed by atoms with Crippen molar-refractivity contribution in [1.82, 2.24) is 66.0 Å². The topological polar surface area (TPSA) is 389 Å². The van der Waals surface area contributed by atoms with Crippen molar-refractivity contribution in [2.24, 2.45) is 5.73 Å². The maximum atomic E-state index is 15.0. The van der Waals surface area contributed by atoms with Crippen molar-refractivity contribution in [3.63, 3.8) is 0 Å². The van der Waals surface area contributed by atoms with E-state index in [1.807, 2.05) is 70.2 Å². The summed E-state index contributed by atoms with van der Waals surface area (Å²) < 4.78 is 69.7. The largest absolute Gasteiger partial charge is 0.497 e. The first-order valence-corrected chi connectivity index (χ1v) is 42.8. The number of nitrogens with two attached hydrogens (primary N) is 3. The summed E-state index contributed by atoms with van der Waals surface area (Å²) in [6, 6.07) is 43.3. The second kappa shape index (κ2) is 48.0. The molecule has 10 N–H and O–H groups in total. The van der Waals surface area contributed by atoms with Crippen molar-refractivity contribution < 1.29 is 70.4 Å². The van der Waals surface area contributed by atoms with Crippen LogP contribution in [-0.2, 0) is 95.2 Å². The van der Waals surface area contributed by atoms with Gasteiger partial charge >= 0.3 is 5.97 Å². The number of pyridine rings is 7. The summed E-state index contributed by atoms with van der Waals surface area (Å²) >= 11 is 25.2. The van der Waals surface area contributed by atoms with Gasteiger partial charge in [0, 0.05) is 91.9 Å². The van der Waals surface area contributed by atoms with Gasteiger partial charge in [-0.25, -0.2) is 38.1 Å². The van der Waals surface area contributed by atoms with Crippen LogP contribution in [0.2, 0.25) is 20.1 Å². The summed E-state index contributed by atoms with van der Waals surface area (Å²) in [6.45, 7) is 11.4. The molecule has 0 atom stereocenters. The van der Waals surface area contributed by atoms with Gasteiger partial charge in [-0.15, -0.1) is 0 Å². The van der Waals surface area contributed by atoms with Crippen LogP contribution < -0.4 is 57.4 Å². The fraction of sp³-hybridized carbons (Fsp3) is 0.250. The van der Waals surface area contributed by atoms with Crippen molar-refractivity contribution in [2.75, 3.05) is 73.2 Å². The van der Waals surface area contributed by atoms with Crippen molar-refractivity contribution in [3.8, 4) is 56.8 Å². The van der Waals surface area contributed by atoms with E-state index in [2.05, 4.69) is 55.9 Å². The Labute approximate surface area is 775 Å². The lowest BCUT2D eigenvalue weighted by Gasteiger charge is -2.18. The number of ether oxygens (including phenoxy) is 5. The number of amides is 6. The number of nitrogens with zero attached hydrogens (tertiary/aromatic N) is 9. The second-order valence-electron chi connectivity index (χ2n) is 29.3. The molecule has 12 aromatic rings. The molecule has 0 bridgehead atoms. The quantitative estimate of drug-likeness (QED) is 0.0248. The van der Waals surface area contributed by atoms with E-state index < -0.39 is 17.5 Å². The number of carbonyl (C=O) groups excluding carboxylic acids is 7. The maximum absolute atomic E-state index is 15.0. The van der Waals surface area contributed by atoms with Crippen LogP contribution in [0, 0.1) is 17.5 Å². The van der Waals surface area contributed by atoms with Crippen molar-refractivity contribution >= 4 is 99.5 Å². The number of halogens is 7. The summed E-state index contributed by atoms with van der Waals surface area (Å²) in [4.78, 5) is 118. The van der Waals surface area contributed by atoms with Gasteiger partial charge in [-0.2, -0.15) is 0 Å². The number of nitrogens with one attached hydrogen (secondary N) is 4. The number of likely N-dealkylation sites (N-methyl/N-ethyl adjacent to an activating group) is 3. The third-order valence-electron chi connectivity index (χ3n) is 20.1. The molecule has 0 aliphatic carbocycles. The molecule has 35 heteroatoms. The lowest BCUT2D eigenvalue weighted by atomic mass is 9.98. The Morgan fingerprint density at radius 3 is 1.17 bits per heavy atom. The van der Waals surface area contributed by atoms with Crippen LogP contribution in [0.15, 0.2) is 183 Å². The van der Waals surface area contributed by atoms with Gasteiger partial charge in [0.2, 0.25) is 17.7 Å². The maximum Gasteiger partial charge on any atom is 0.310 e. The number of rotatable bonds is 26. The number of fused-ring (bicyclic) bond motifs is 3. The number of nitrogen functional groups attached to an aromatic ring is 2. The molecule has 0 radical (unpaired) electrons. The Morgan fingerprint density at radius 2 is 0.802 bits per heavy atom. The number of aromatic nitrogens is 7. The smallest absolute Gasteiger partial charge is 0.310 e. The van der Waals surface area contributed by atoms with Gasteiger partial charge in [-0.3, -0.25) is 43.5 Å². The Bertz CT molecular complexity index is 6030. The number of anilines is 2. The first-order chi connectivity index (χ1) is 63.0. The first kappa shape index (κ1) is 99.3. The highest BCUT2D eigenvalue weighted by molar-refractivity contribution is 6.35. The molecule has 5 aromatic carbocycles. The number of hydrogen-bond acceptors (Lipinski definition) is 22. The molecule has 28 nitrogen and oxygen atoms in total. The van der Waals surface area contributed by atoms with Gasteiger partial charge < -0.3 is 72.0 Å². The molecule has 0 unspecified atom stereocenters. The first-order valence-electron chi connectivity index (χ1n) is 41.3. The van der Waals surface area contributed by atoms with E-state index in [0.29, 0.717) is 148 Å². The molecule has 0 saturated carbocycles. The van der Waals surface area contributed by atoms with E-state index in [4.69, 9.17) is 87.5 Å². The molecule has 0 spiro atoms. The van der Waals surface area contributed by atoms with E-state index >= 15 is 0 Å². The van der Waals surface area contributed by atoms with Gasteiger partial charge in [0.1, 0.15) is 52.1 Å². The predicted molar refractivity (Wildman–Crippen MR) is 495 cm³/mol. The van der Waals surface area contributed by atoms with Crippen molar-refractivity contribution in [2.45, 2.75) is 98.9 Å². The molecule has 10 heterocycles. The van der Waals surface area contributed by atoms with Crippen LogP contribution in [0.1, 0.15) is 132 Å². The minimum Gasteiger partial charge on any atom is -0.497 e. The Balaban J connectivity index is 0.000000179. The van der Waals surface area contributed by atoms with Crippen LogP contribution in [-0.4, -0.2) is 148 Å². The molecular formula is C96H97Cl4F3N16O12. The van der Waals surface area contributed by atoms with Crippen LogP contribution in [0.4, 0.5) is 24.8 Å². The highest BCUT2D eigenvalue weighted by Gasteiger charge is 2.36. The zero-order valence-corrected chi connectivity index (χ0v) is 76.3. The van der Waals surface area contributed by atoms with E-state index in [-0.39, 0.29) is 124 Å². The molecular weight excluding hydrogens is 1770 g/mol. The standard InChI is InChI=1S/C32H30ClFN4O4.C23H20ClFN4O2.C22H17Cl2FN2O3.C9H13N3O.C8H10N2O2.C2H7N/c1-4-35-29(39)12-19-8-10-22(36-16-19)13-21-14-26(31-24(33)6-5-7-25(31)34)37-27-18-38(32(40)30(21)27)17-20-9-11-23(41-2)15-28(20)42-3;1-2-26-20(30)8-13-6-7-15(27-11-13)9-14-10-18(22-16(24)4-3-5-17(22)25)29-19-12-28-23(31)21(14)19;1-29-13-7-6-12(19(8-13)30-2)10-27-11-18-21(22(27)28)15(24)9-17(26-18)20-14(23)4-3-5-16(20)25;1-2-11-9(13)5-7-3-4-8(10)12-6-7;1-12-8(11)4-6-2-3-7(9)10-5-6;1-2-3/h5-11,14-16H,4,12-13,17-18H2,1-3H3,(H,35,39);3-7,10-11H,2,8-9,12H2,1H3,(H,26,30)(H,28,31);3-9H,10-11H2,1-2H3;3-4,6H,2,5H2,1H3,(H2,10,12)(H,11,13);2-3,5H,4H2,1H3,(H2,9,10);2-3H2,1H3. The molecule has 7 aromatic heterocycles. The lowest BCUT2D eigenvalue weighted by Crippen LogP contribution is -2.24. The molecule has 0 fully saturated rings. The van der Waals surface area contributed by atoms with Crippen molar-refractivity contribution in [3.05, 3.63) is 310 Å². The zero-order valence-electron chi connectivity index (χ0n) is 73.2. The van der Waals surface area contributed by atoms with Crippen molar-refractivity contribution in [1.29, 1.82) is 0 Å². The number of hydrogen-bond donors (Lipinski definition) is 7. The Hall–Kier alpha value is -13.9. The van der Waals surface area contributed by atoms with E-state index in [0.717, 1.165) is 45.6 Å². The van der Waals surface area contributed by atoms with Gasteiger partial charge in [0.25, 0.3) is 17.7 Å². The normalized spacial score (nSPS) is 11.8. The molecule has 3 aliphatic heterocycles. The van der Waals surface area contributed by atoms with E-state index in [1.165, 1.54) is 49.6 Å². The van der Waals surface area contributed by atoms with Crippen LogP contribution in [0.3, 0.4) is 0 Å². The number of esters is 1. The molecule has 6 amide bonds. The van der Waals surface area contributed by atoms with Crippen LogP contribution in [0.5, 0.6) is 23.0 Å². The molecule has 682 valence electrons. The minimum absolute atomic E-state index is 0.00840. The molecule has 0 saturated heterocycles. The highest BCUT2D eigenvalue weighted by atomic mass is 35.5. The van der Waals surface area contributed by atoms with Gasteiger partial charge in [0.05, 0.1) is 182 Å². The summed E-state index contributed by atoms with van der Waals surface area (Å²) in [5.74, 6) is 0.888. The average Bonchev–Trinajstić information content (AvgIpc) is 1.63. The molecule has 15 rings (SSSR count). The van der Waals surface area contributed by atoms with Gasteiger partial charge in [-0.1, -0.05) is 95.8 Å². The molecule has 131 heavy (non-hydrogen) atoms. The summed E-state index contributed by atoms with van der Waals surface area (Å²) in [5.41, 5.74) is 27.7. The second-order valence-corrected chi connectivity index (χ2v) is 31.0. The molecule has 3 aliphatic rings. The number of benzene rings is 5. The van der Waals surface area contributed by atoms with E-state index in [9.17, 15) is 46.7 Å².